The molecule has 3 heteroatoms. The second kappa shape index (κ2) is 7.14. The minimum Gasteiger partial charge on any atom is -0.368 e. The van der Waals surface area contributed by atoms with E-state index in [9.17, 15) is 0 Å². The van der Waals surface area contributed by atoms with Crippen LogP contribution in [0.25, 0.3) is 0 Å². The monoisotopic (exact) mass is 280 g/mol. The molecule has 1 aliphatic rings. The van der Waals surface area contributed by atoms with Gasteiger partial charge in [0.1, 0.15) is 0 Å². The highest BCUT2D eigenvalue weighted by Gasteiger charge is 2.23. The molecule has 0 aliphatic heterocycles. The van der Waals surface area contributed by atoms with Crippen LogP contribution in [0, 0.1) is 5.92 Å². The largest absolute Gasteiger partial charge is 0.368 e. The SMILES string of the molecule is CC(C)CCN(c1ccnc(CCl)c1)C1CCCC1. The average molecular weight is 281 g/mol. The number of aromatic nitrogens is 1. The maximum atomic E-state index is 5.91. The number of hydrogen-bond donors (Lipinski definition) is 0. The molecule has 2 rings (SSSR count). The Balaban J connectivity index is 2.14. The topological polar surface area (TPSA) is 16.1 Å². The first kappa shape index (κ1) is 14.6. The van der Waals surface area contributed by atoms with Gasteiger partial charge in [-0.25, -0.2) is 0 Å². The van der Waals surface area contributed by atoms with Crippen LogP contribution >= 0.6 is 11.6 Å². The van der Waals surface area contributed by atoms with Crippen molar-refractivity contribution in [2.24, 2.45) is 5.92 Å². The van der Waals surface area contributed by atoms with Crippen molar-refractivity contribution in [2.45, 2.75) is 57.9 Å². The fraction of sp³-hybridized carbons (Fsp3) is 0.688. The van der Waals surface area contributed by atoms with Gasteiger partial charge in [-0.15, -0.1) is 11.6 Å². The number of alkyl halides is 1. The van der Waals surface area contributed by atoms with E-state index in [1.165, 1.54) is 37.8 Å². The van der Waals surface area contributed by atoms with E-state index >= 15 is 0 Å². The van der Waals surface area contributed by atoms with Crippen molar-refractivity contribution in [3.05, 3.63) is 24.0 Å². The van der Waals surface area contributed by atoms with Crippen LogP contribution in [0.2, 0.25) is 0 Å². The molecular formula is C16H25ClN2. The summed E-state index contributed by atoms with van der Waals surface area (Å²) >= 11 is 5.91. The molecular weight excluding hydrogens is 256 g/mol. The van der Waals surface area contributed by atoms with Crippen molar-refractivity contribution >= 4 is 17.3 Å². The van der Waals surface area contributed by atoms with Gasteiger partial charge in [-0.05, 0) is 37.3 Å². The molecule has 0 amide bonds. The molecule has 106 valence electrons. The van der Waals surface area contributed by atoms with Gasteiger partial charge >= 0.3 is 0 Å². The van der Waals surface area contributed by atoms with E-state index in [0.29, 0.717) is 11.9 Å². The van der Waals surface area contributed by atoms with Gasteiger partial charge in [0.15, 0.2) is 0 Å². The Kier molecular flexibility index (Phi) is 5.50. The molecule has 1 aromatic rings. The van der Waals surface area contributed by atoms with Crippen molar-refractivity contribution in [3.8, 4) is 0 Å². The first-order valence-corrected chi connectivity index (χ1v) is 8.01. The lowest BCUT2D eigenvalue weighted by molar-refractivity contribution is 0.528. The standard InChI is InChI=1S/C16H25ClN2/c1-13(2)8-10-19(15-5-3-4-6-15)16-7-9-18-14(11-16)12-17/h7,9,11,13,15H,3-6,8,10,12H2,1-2H3. The fourth-order valence-electron chi connectivity index (χ4n) is 2.85. The molecule has 1 heterocycles. The molecule has 0 bridgehead atoms. The normalized spacial score (nSPS) is 16.2. The number of nitrogens with zero attached hydrogens (tertiary/aromatic N) is 2. The lowest BCUT2D eigenvalue weighted by Crippen LogP contribution is -2.34. The van der Waals surface area contributed by atoms with E-state index in [1.54, 1.807) is 0 Å². The quantitative estimate of drug-likeness (QED) is 0.707. The predicted octanol–water partition coefficient (Wildman–Crippen LogP) is 4.62. The summed E-state index contributed by atoms with van der Waals surface area (Å²) in [5.74, 6) is 1.24. The van der Waals surface area contributed by atoms with Crippen molar-refractivity contribution in [1.29, 1.82) is 0 Å². The molecule has 1 saturated carbocycles. The zero-order valence-electron chi connectivity index (χ0n) is 12.1. The maximum absolute atomic E-state index is 5.91. The summed E-state index contributed by atoms with van der Waals surface area (Å²) in [5, 5.41) is 0. The van der Waals surface area contributed by atoms with Crippen LogP contribution in [0.15, 0.2) is 18.3 Å². The molecule has 0 spiro atoms. The minimum absolute atomic E-state index is 0.497. The molecule has 2 nitrogen and oxygen atoms in total. The van der Waals surface area contributed by atoms with Crippen LogP contribution in [0.1, 0.15) is 51.6 Å². The first-order chi connectivity index (χ1) is 9.20. The second-order valence-electron chi connectivity index (χ2n) is 5.95. The molecule has 1 aromatic heterocycles. The highest BCUT2D eigenvalue weighted by molar-refractivity contribution is 6.16. The molecule has 19 heavy (non-hydrogen) atoms. The van der Waals surface area contributed by atoms with Gasteiger partial charge in [0.2, 0.25) is 0 Å². The summed E-state index contributed by atoms with van der Waals surface area (Å²) in [7, 11) is 0. The van der Waals surface area contributed by atoms with Crippen LogP contribution in [0.3, 0.4) is 0 Å². The number of hydrogen-bond acceptors (Lipinski definition) is 2. The Morgan fingerprint density at radius 2 is 2.11 bits per heavy atom. The second-order valence-corrected chi connectivity index (χ2v) is 6.22. The summed E-state index contributed by atoms with van der Waals surface area (Å²) < 4.78 is 0. The van der Waals surface area contributed by atoms with E-state index in [0.717, 1.165) is 18.2 Å². The van der Waals surface area contributed by atoms with Crippen molar-refractivity contribution < 1.29 is 0 Å². The molecule has 0 radical (unpaired) electrons. The Hall–Kier alpha value is -0.760. The van der Waals surface area contributed by atoms with Crippen LogP contribution in [-0.4, -0.2) is 17.6 Å². The summed E-state index contributed by atoms with van der Waals surface area (Å²) in [5.41, 5.74) is 2.28. The van der Waals surface area contributed by atoms with Gasteiger partial charge in [-0.3, -0.25) is 4.98 Å². The fourth-order valence-corrected chi connectivity index (χ4v) is 3.00. The van der Waals surface area contributed by atoms with Gasteiger partial charge in [-0.1, -0.05) is 26.7 Å². The molecule has 0 atom stereocenters. The van der Waals surface area contributed by atoms with E-state index in [2.05, 4.69) is 35.9 Å². The smallest absolute Gasteiger partial charge is 0.0648 e. The highest BCUT2D eigenvalue weighted by atomic mass is 35.5. The van der Waals surface area contributed by atoms with E-state index in [-0.39, 0.29) is 0 Å². The third-order valence-electron chi connectivity index (χ3n) is 3.98. The maximum Gasteiger partial charge on any atom is 0.0648 e. The Morgan fingerprint density at radius 3 is 2.74 bits per heavy atom. The van der Waals surface area contributed by atoms with Crippen LogP contribution in [0.5, 0.6) is 0 Å². The number of pyridine rings is 1. The van der Waals surface area contributed by atoms with E-state index < -0.39 is 0 Å². The van der Waals surface area contributed by atoms with Crippen LogP contribution in [0.4, 0.5) is 5.69 Å². The molecule has 0 aromatic carbocycles. The molecule has 0 unspecified atom stereocenters. The highest BCUT2D eigenvalue weighted by Crippen LogP contribution is 2.29. The summed E-state index contributed by atoms with van der Waals surface area (Å²) in [4.78, 5) is 6.89. The number of halogens is 1. The van der Waals surface area contributed by atoms with Gasteiger partial charge in [-0.2, -0.15) is 0 Å². The minimum atomic E-state index is 0.497. The van der Waals surface area contributed by atoms with Crippen LogP contribution in [-0.2, 0) is 5.88 Å². The lowest BCUT2D eigenvalue weighted by atomic mass is 10.1. The third kappa shape index (κ3) is 4.10. The molecule has 1 aliphatic carbocycles. The van der Waals surface area contributed by atoms with Gasteiger partial charge < -0.3 is 4.90 Å². The van der Waals surface area contributed by atoms with E-state index in [1.807, 2.05) is 6.20 Å². The van der Waals surface area contributed by atoms with Crippen molar-refractivity contribution in [3.63, 3.8) is 0 Å². The predicted molar refractivity (Wildman–Crippen MR) is 82.9 cm³/mol. The summed E-state index contributed by atoms with van der Waals surface area (Å²) in [6, 6.07) is 5.00. The third-order valence-corrected chi connectivity index (χ3v) is 4.26. The molecule has 1 fully saturated rings. The van der Waals surface area contributed by atoms with Gasteiger partial charge in [0.25, 0.3) is 0 Å². The summed E-state index contributed by atoms with van der Waals surface area (Å²) in [6.07, 6.45) is 8.54. The van der Waals surface area contributed by atoms with Crippen molar-refractivity contribution in [2.75, 3.05) is 11.4 Å². The summed E-state index contributed by atoms with van der Waals surface area (Å²) in [6.45, 7) is 5.74. The van der Waals surface area contributed by atoms with Gasteiger partial charge in [0.05, 0.1) is 11.6 Å². The number of rotatable bonds is 6. The van der Waals surface area contributed by atoms with Crippen molar-refractivity contribution in [1.82, 2.24) is 4.98 Å². The number of anilines is 1. The molecule has 0 saturated heterocycles. The Labute approximate surface area is 122 Å². The Bertz CT molecular complexity index is 386. The van der Waals surface area contributed by atoms with Crippen LogP contribution < -0.4 is 4.90 Å². The van der Waals surface area contributed by atoms with E-state index in [4.69, 9.17) is 11.6 Å². The first-order valence-electron chi connectivity index (χ1n) is 7.48. The Morgan fingerprint density at radius 1 is 1.37 bits per heavy atom. The zero-order chi connectivity index (χ0) is 13.7. The lowest BCUT2D eigenvalue weighted by Gasteiger charge is -2.32. The molecule has 0 N–H and O–H groups in total. The average Bonchev–Trinajstić information content (AvgIpc) is 2.93. The zero-order valence-corrected chi connectivity index (χ0v) is 12.9. The van der Waals surface area contributed by atoms with Gasteiger partial charge in [0, 0.05) is 24.5 Å².